The van der Waals surface area contributed by atoms with Crippen LogP contribution >= 0.6 is 0 Å². The lowest BCUT2D eigenvalue weighted by Gasteiger charge is -2.10. The van der Waals surface area contributed by atoms with Gasteiger partial charge in [-0.1, -0.05) is 18.2 Å². The molecule has 140 valence electrons. The van der Waals surface area contributed by atoms with Crippen LogP contribution in [0.3, 0.4) is 0 Å². The summed E-state index contributed by atoms with van der Waals surface area (Å²) in [5.41, 5.74) is 2.68. The summed E-state index contributed by atoms with van der Waals surface area (Å²) in [5.74, 6) is 1.84. The lowest BCUT2D eigenvalue weighted by molar-refractivity contribution is -0.117. The maximum atomic E-state index is 12.3. The van der Waals surface area contributed by atoms with Gasteiger partial charge in [0.2, 0.25) is 5.91 Å². The summed E-state index contributed by atoms with van der Waals surface area (Å²) in [6, 6.07) is 13.1. The van der Waals surface area contributed by atoms with Gasteiger partial charge in [0.05, 0.1) is 30.8 Å². The molecular weight excluding hydrogens is 342 g/mol. The highest BCUT2D eigenvalue weighted by molar-refractivity contribution is 5.92. The first kappa shape index (κ1) is 18.5. The normalized spacial score (nSPS) is 12.3. The van der Waals surface area contributed by atoms with Crippen LogP contribution in [-0.2, 0) is 4.79 Å². The molecule has 1 amide bonds. The molecule has 0 bridgehead atoms. The third-order valence-electron chi connectivity index (χ3n) is 4.09. The van der Waals surface area contributed by atoms with E-state index in [-0.39, 0.29) is 11.9 Å². The maximum absolute atomic E-state index is 12.3. The van der Waals surface area contributed by atoms with Gasteiger partial charge in [0, 0.05) is 6.08 Å². The fourth-order valence-corrected chi connectivity index (χ4v) is 2.74. The molecule has 0 fully saturated rings. The van der Waals surface area contributed by atoms with Crippen molar-refractivity contribution in [2.45, 2.75) is 19.9 Å². The van der Waals surface area contributed by atoms with Crippen LogP contribution in [0, 0.1) is 0 Å². The predicted molar refractivity (Wildman–Crippen MR) is 106 cm³/mol. The van der Waals surface area contributed by atoms with Gasteiger partial charge >= 0.3 is 0 Å². The molecule has 6 heteroatoms. The second kappa shape index (κ2) is 8.40. The molecule has 0 radical (unpaired) electrons. The molecule has 0 aliphatic carbocycles. The standard InChI is InChI=1S/C21H23N3O3/c1-4-27-19-13-15(9-11-18(19)26-3)10-12-20(25)22-14(2)21-23-16-7-5-6-8-17(16)24-21/h5-14H,4H2,1-3H3,(H,22,25)(H,23,24). The van der Waals surface area contributed by atoms with Crippen molar-refractivity contribution in [3.05, 3.63) is 59.9 Å². The number of methoxy groups -OCH3 is 1. The van der Waals surface area contributed by atoms with Crippen molar-refractivity contribution < 1.29 is 14.3 Å². The number of nitrogens with zero attached hydrogens (tertiary/aromatic N) is 1. The number of carbonyl (C=O) groups excluding carboxylic acids is 1. The zero-order valence-electron chi connectivity index (χ0n) is 15.7. The van der Waals surface area contributed by atoms with E-state index in [2.05, 4.69) is 15.3 Å². The van der Waals surface area contributed by atoms with Crippen molar-refractivity contribution in [1.29, 1.82) is 0 Å². The highest BCUT2D eigenvalue weighted by Crippen LogP contribution is 2.28. The van der Waals surface area contributed by atoms with Gasteiger partial charge < -0.3 is 19.8 Å². The van der Waals surface area contributed by atoms with Crippen LogP contribution in [0.2, 0.25) is 0 Å². The van der Waals surface area contributed by atoms with Crippen LogP contribution in [-0.4, -0.2) is 29.6 Å². The fraction of sp³-hybridized carbons (Fsp3) is 0.238. The van der Waals surface area contributed by atoms with E-state index in [0.717, 1.165) is 22.4 Å². The third-order valence-corrected chi connectivity index (χ3v) is 4.09. The summed E-state index contributed by atoms with van der Waals surface area (Å²) in [6.07, 6.45) is 3.24. The Bertz CT molecular complexity index is 929. The fourth-order valence-electron chi connectivity index (χ4n) is 2.74. The predicted octanol–water partition coefficient (Wildman–Crippen LogP) is 3.86. The van der Waals surface area contributed by atoms with E-state index in [4.69, 9.17) is 9.47 Å². The molecule has 0 spiro atoms. The van der Waals surface area contributed by atoms with E-state index in [1.165, 1.54) is 6.08 Å². The first-order chi connectivity index (χ1) is 13.1. The van der Waals surface area contributed by atoms with E-state index >= 15 is 0 Å². The molecule has 6 nitrogen and oxygen atoms in total. The Labute approximate surface area is 158 Å². The average Bonchev–Trinajstić information content (AvgIpc) is 3.11. The summed E-state index contributed by atoms with van der Waals surface area (Å²) in [7, 11) is 1.60. The van der Waals surface area contributed by atoms with Gasteiger partial charge in [-0.25, -0.2) is 4.98 Å². The van der Waals surface area contributed by atoms with Crippen molar-refractivity contribution in [3.63, 3.8) is 0 Å². The van der Waals surface area contributed by atoms with Gasteiger partial charge in [-0.15, -0.1) is 0 Å². The van der Waals surface area contributed by atoms with E-state index in [9.17, 15) is 4.79 Å². The van der Waals surface area contributed by atoms with Crippen molar-refractivity contribution in [2.75, 3.05) is 13.7 Å². The summed E-state index contributed by atoms with van der Waals surface area (Å²) >= 11 is 0. The lowest BCUT2D eigenvalue weighted by Crippen LogP contribution is -2.25. The highest BCUT2D eigenvalue weighted by Gasteiger charge is 2.12. The molecule has 1 aromatic heterocycles. The molecule has 1 unspecified atom stereocenters. The topological polar surface area (TPSA) is 76.2 Å². The summed E-state index contributed by atoms with van der Waals surface area (Å²) < 4.78 is 10.8. The summed E-state index contributed by atoms with van der Waals surface area (Å²) in [6.45, 7) is 4.35. The quantitative estimate of drug-likeness (QED) is 0.623. The molecule has 1 atom stereocenters. The van der Waals surface area contributed by atoms with Crippen LogP contribution in [0.4, 0.5) is 0 Å². The zero-order chi connectivity index (χ0) is 19.2. The van der Waals surface area contributed by atoms with Gasteiger partial charge in [0.15, 0.2) is 11.5 Å². The minimum Gasteiger partial charge on any atom is -0.493 e. The second-order valence-electron chi connectivity index (χ2n) is 6.05. The summed E-state index contributed by atoms with van der Waals surface area (Å²) in [5, 5.41) is 2.91. The first-order valence-electron chi connectivity index (χ1n) is 8.84. The van der Waals surface area contributed by atoms with Crippen LogP contribution in [0.25, 0.3) is 17.1 Å². The molecular formula is C21H23N3O3. The largest absolute Gasteiger partial charge is 0.493 e. The molecule has 27 heavy (non-hydrogen) atoms. The van der Waals surface area contributed by atoms with E-state index in [0.29, 0.717) is 18.1 Å². The Hall–Kier alpha value is -3.28. The number of carbonyl (C=O) groups is 1. The third kappa shape index (κ3) is 4.47. The van der Waals surface area contributed by atoms with Gasteiger partial charge in [0.25, 0.3) is 0 Å². The van der Waals surface area contributed by atoms with Gasteiger partial charge in [-0.3, -0.25) is 4.79 Å². The minimum absolute atomic E-state index is 0.197. The Morgan fingerprint density at radius 2 is 2.07 bits per heavy atom. The molecule has 0 aliphatic rings. The summed E-state index contributed by atoms with van der Waals surface area (Å²) in [4.78, 5) is 20.0. The van der Waals surface area contributed by atoms with Gasteiger partial charge in [-0.2, -0.15) is 0 Å². The highest BCUT2D eigenvalue weighted by atomic mass is 16.5. The average molecular weight is 365 g/mol. The first-order valence-corrected chi connectivity index (χ1v) is 8.84. The van der Waals surface area contributed by atoms with Crippen LogP contribution in [0.5, 0.6) is 11.5 Å². The monoisotopic (exact) mass is 365 g/mol. The van der Waals surface area contributed by atoms with E-state index in [1.807, 2.05) is 56.3 Å². The minimum atomic E-state index is -0.232. The number of nitrogens with one attached hydrogen (secondary N) is 2. The van der Waals surface area contributed by atoms with E-state index < -0.39 is 0 Å². The number of para-hydroxylation sites is 2. The smallest absolute Gasteiger partial charge is 0.244 e. The number of imidazole rings is 1. The molecule has 0 aliphatic heterocycles. The Balaban J connectivity index is 1.66. The van der Waals surface area contributed by atoms with Crippen molar-refractivity contribution in [3.8, 4) is 11.5 Å². The SMILES string of the molecule is CCOc1cc(C=CC(=O)NC(C)c2nc3ccccc3[nH]2)ccc1OC. The van der Waals surface area contributed by atoms with E-state index in [1.54, 1.807) is 13.2 Å². The number of aromatic amines is 1. The number of ether oxygens (including phenoxy) is 2. The van der Waals surface area contributed by atoms with Gasteiger partial charge in [-0.05, 0) is 49.8 Å². The lowest BCUT2D eigenvalue weighted by atomic mass is 10.2. The Kier molecular flexibility index (Phi) is 5.76. The Morgan fingerprint density at radius 3 is 2.81 bits per heavy atom. The maximum Gasteiger partial charge on any atom is 0.244 e. The number of amides is 1. The van der Waals surface area contributed by atoms with Crippen molar-refractivity contribution in [1.82, 2.24) is 15.3 Å². The molecule has 0 saturated heterocycles. The molecule has 3 aromatic rings. The van der Waals surface area contributed by atoms with Crippen LogP contribution in [0.1, 0.15) is 31.3 Å². The number of aromatic nitrogens is 2. The number of benzene rings is 2. The molecule has 2 N–H and O–H groups in total. The van der Waals surface area contributed by atoms with Crippen LogP contribution in [0.15, 0.2) is 48.5 Å². The number of H-pyrrole nitrogens is 1. The number of fused-ring (bicyclic) bond motifs is 1. The molecule has 1 heterocycles. The molecule has 0 saturated carbocycles. The zero-order valence-corrected chi connectivity index (χ0v) is 15.7. The Morgan fingerprint density at radius 1 is 1.26 bits per heavy atom. The number of hydrogen-bond acceptors (Lipinski definition) is 4. The molecule has 2 aromatic carbocycles. The van der Waals surface area contributed by atoms with Crippen LogP contribution < -0.4 is 14.8 Å². The number of rotatable bonds is 7. The van der Waals surface area contributed by atoms with Gasteiger partial charge in [0.1, 0.15) is 5.82 Å². The van der Waals surface area contributed by atoms with Crippen molar-refractivity contribution in [2.24, 2.45) is 0 Å². The number of hydrogen-bond donors (Lipinski definition) is 2. The molecule has 3 rings (SSSR count). The second-order valence-corrected chi connectivity index (χ2v) is 6.05. The van der Waals surface area contributed by atoms with Crippen molar-refractivity contribution >= 4 is 23.0 Å².